The van der Waals surface area contributed by atoms with Crippen LogP contribution in [0.5, 0.6) is 5.75 Å². The van der Waals surface area contributed by atoms with Crippen molar-refractivity contribution in [3.8, 4) is 11.4 Å². The number of carbonyl (C=O) groups is 2. The largest absolute Gasteiger partial charge is 0.495 e. The van der Waals surface area contributed by atoms with Crippen molar-refractivity contribution in [1.82, 2.24) is 14.9 Å². The van der Waals surface area contributed by atoms with Gasteiger partial charge in [-0.1, -0.05) is 55.8 Å². The minimum Gasteiger partial charge on any atom is -0.495 e. The molecule has 196 valence electrons. The SMILES string of the molecule is COc1ccc(Cl)cc1N1C(=O)[C@H]2[C@@H](C(C)C)N[C@]3(c4ccccc4-n4c3nc3ccccc3c4=O)[C@H]2C1=O. The van der Waals surface area contributed by atoms with Gasteiger partial charge >= 0.3 is 0 Å². The topological polar surface area (TPSA) is 93.5 Å². The van der Waals surface area contributed by atoms with Crippen molar-refractivity contribution in [3.05, 3.63) is 93.5 Å². The maximum absolute atomic E-state index is 14.5. The van der Waals surface area contributed by atoms with Crippen molar-refractivity contribution in [2.24, 2.45) is 17.8 Å². The Bertz CT molecular complexity index is 1780. The van der Waals surface area contributed by atoms with Crippen molar-refractivity contribution in [2.45, 2.75) is 25.4 Å². The number of anilines is 1. The van der Waals surface area contributed by atoms with Gasteiger partial charge in [-0.25, -0.2) is 9.88 Å². The summed E-state index contributed by atoms with van der Waals surface area (Å²) in [6.45, 7) is 4.05. The summed E-state index contributed by atoms with van der Waals surface area (Å²) in [4.78, 5) is 48.8. The van der Waals surface area contributed by atoms with Gasteiger partial charge in [0.15, 0.2) is 0 Å². The fourth-order valence-corrected chi connectivity index (χ4v) is 6.97. The number of nitrogens with zero attached hydrogens (tertiary/aromatic N) is 3. The predicted molar refractivity (Wildman–Crippen MR) is 147 cm³/mol. The van der Waals surface area contributed by atoms with Gasteiger partial charge in [0, 0.05) is 16.6 Å². The number of benzene rings is 3. The quantitative estimate of drug-likeness (QED) is 0.394. The number of para-hydroxylation sites is 2. The van der Waals surface area contributed by atoms with Gasteiger partial charge in [0.2, 0.25) is 11.8 Å². The molecule has 0 unspecified atom stereocenters. The summed E-state index contributed by atoms with van der Waals surface area (Å²) >= 11 is 6.31. The van der Waals surface area contributed by atoms with Gasteiger partial charge in [0.25, 0.3) is 5.56 Å². The van der Waals surface area contributed by atoms with Crippen LogP contribution in [0.4, 0.5) is 5.69 Å². The standard InChI is InChI=1S/C30H25ClN4O4/c1-15(2)25-23-24(28(38)34(27(23)37)21-14-16(31)12-13-22(21)39-3)30(33-25)18-9-5-7-11-20(18)35-26(36)17-8-4-6-10-19(17)32-29(30)35/h4-15,23-25,33H,1-3H3/t23-,24-,25-,30-/m1/s1. The summed E-state index contributed by atoms with van der Waals surface area (Å²) < 4.78 is 7.12. The number of rotatable bonds is 3. The molecule has 1 aromatic heterocycles. The van der Waals surface area contributed by atoms with Crippen molar-refractivity contribution in [2.75, 3.05) is 12.0 Å². The second-order valence-corrected chi connectivity index (χ2v) is 11.1. The molecule has 9 heteroatoms. The van der Waals surface area contributed by atoms with Crippen LogP contribution in [0.25, 0.3) is 16.6 Å². The Morgan fingerprint density at radius 3 is 2.49 bits per heavy atom. The highest BCUT2D eigenvalue weighted by atomic mass is 35.5. The lowest BCUT2D eigenvalue weighted by atomic mass is 9.75. The normalized spacial score (nSPS) is 25.1. The van der Waals surface area contributed by atoms with Crippen LogP contribution in [0.15, 0.2) is 71.5 Å². The van der Waals surface area contributed by atoms with Crippen LogP contribution >= 0.6 is 11.6 Å². The number of imide groups is 1. The fraction of sp³-hybridized carbons (Fsp3) is 0.267. The molecule has 4 atom stereocenters. The number of hydrogen-bond acceptors (Lipinski definition) is 6. The molecule has 1 spiro atoms. The van der Waals surface area contributed by atoms with E-state index in [0.29, 0.717) is 38.9 Å². The van der Waals surface area contributed by atoms with Crippen LogP contribution in [0, 0.1) is 17.8 Å². The van der Waals surface area contributed by atoms with E-state index in [0.717, 1.165) is 5.56 Å². The zero-order valence-electron chi connectivity index (χ0n) is 21.5. The lowest BCUT2D eigenvalue weighted by molar-refractivity contribution is -0.123. The number of aromatic nitrogens is 2. The molecule has 4 heterocycles. The van der Waals surface area contributed by atoms with Gasteiger partial charge in [-0.05, 0) is 42.3 Å². The predicted octanol–water partition coefficient (Wildman–Crippen LogP) is 4.04. The highest BCUT2D eigenvalue weighted by molar-refractivity contribution is 6.31. The third-order valence-corrected chi connectivity index (χ3v) is 8.63. The Morgan fingerprint density at radius 2 is 1.72 bits per heavy atom. The van der Waals surface area contributed by atoms with Crippen LogP contribution in [0.3, 0.4) is 0 Å². The fourth-order valence-electron chi connectivity index (χ4n) is 6.80. The first-order valence-corrected chi connectivity index (χ1v) is 13.3. The van der Waals surface area contributed by atoms with Crippen LogP contribution in [0.2, 0.25) is 5.02 Å². The molecule has 0 aliphatic carbocycles. The molecule has 0 bridgehead atoms. The van der Waals surface area contributed by atoms with Gasteiger partial charge in [-0.2, -0.15) is 0 Å². The smallest absolute Gasteiger partial charge is 0.266 e. The zero-order valence-corrected chi connectivity index (χ0v) is 22.3. The Labute approximate surface area is 229 Å². The molecule has 4 aromatic rings. The highest BCUT2D eigenvalue weighted by Gasteiger charge is 2.70. The van der Waals surface area contributed by atoms with E-state index in [2.05, 4.69) is 5.32 Å². The van der Waals surface area contributed by atoms with Gasteiger partial charge in [-0.15, -0.1) is 0 Å². The van der Waals surface area contributed by atoms with E-state index in [1.54, 1.807) is 34.9 Å². The number of ether oxygens (including phenoxy) is 1. The molecule has 2 amide bonds. The van der Waals surface area contributed by atoms with E-state index < -0.39 is 17.4 Å². The summed E-state index contributed by atoms with van der Waals surface area (Å²) in [5, 5.41) is 4.57. The minimum atomic E-state index is -1.19. The lowest BCUT2D eigenvalue weighted by Gasteiger charge is -2.32. The zero-order chi connectivity index (χ0) is 27.2. The van der Waals surface area contributed by atoms with Crippen molar-refractivity contribution >= 4 is 40.0 Å². The van der Waals surface area contributed by atoms with Crippen LogP contribution in [-0.2, 0) is 15.1 Å². The molecule has 3 aliphatic heterocycles. The number of nitrogens with one attached hydrogen (secondary N) is 1. The number of methoxy groups -OCH3 is 1. The molecule has 3 aliphatic rings. The van der Waals surface area contributed by atoms with E-state index >= 15 is 0 Å². The summed E-state index contributed by atoms with van der Waals surface area (Å²) in [6.07, 6.45) is 0. The van der Waals surface area contributed by atoms with E-state index in [1.165, 1.54) is 12.0 Å². The first-order valence-electron chi connectivity index (χ1n) is 12.9. The molecule has 7 rings (SSSR count). The monoisotopic (exact) mass is 540 g/mol. The van der Waals surface area contributed by atoms with Gasteiger partial charge in [-0.3, -0.25) is 24.3 Å². The lowest BCUT2D eigenvalue weighted by Crippen LogP contribution is -2.51. The maximum atomic E-state index is 14.5. The van der Waals surface area contributed by atoms with E-state index in [-0.39, 0.29) is 29.3 Å². The molecule has 2 saturated heterocycles. The molecular formula is C30H25ClN4O4. The third-order valence-electron chi connectivity index (χ3n) is 8.40. The molecule has 1 N–H and O–H groups in total. The van der Waals surface area contributed by atoms with Crippen LogP contribution < -0.4 is 20.5 Å². The average Bonchev–Trinajstić information content (AvgIpc) is 3.52. The Morgan fingerprint density at radius 1 is 0.974 bits per heavy atom. The second kappa shape index (κ2) is 8.24. The van der Waals surface area contributed by atoms with Crippen molar-refractivity contribution in [3.63, 3.8) is 0 Å². The molecule has 2 fully saturated rings. The first kappa shape index (κ1) is 24.1. The summed E-state index contributed by atoms with van der Waals surface area (Å²) in [5.74, 6) is -1.45. The second-order valence-electron chi connectivity index (χ2n) is 10.7. The van der Waals surface area contributed by atoms with E-state index in [1.807, 2.05) is 50.2 Å². The van der Waals surface area contributed by atoms with Crippen molar-refractivity contribution < 1.29 is 14.3 Å². The summed E-state index contributed by atoms with van der Waals surface area (Å²) in [6, 6.07) is 19.2. The molecule has 3 aromatic carbocycles. The van der Waals surface area contributed by atoms with Crippen LogP contribution in [-0.4, -0.2) is 34.5 Å². The number of carbonyl (C=O) groups excluding carboxylic acids is 2. The molecule has 0 radical (unpaired) electrons. The minimum absolute atomic E-state index is 0.00298. The molecule has 8 nitrogen and oxygen atoms in total. The average molecular weight is 541 g/mol. The summed E-state index contributed by atoms with van der Waals surface area (Å²) in [7, 11) is 1.49. The Kier molecular flexibility index (Phi) is 5.09. The van der Waals surface area contributed by atoms with Gasteiger partial charge in [0.05, 0.1) is 41.2 Å². The Hall–Kier alpha value is -4.01. The molecule has 0 saturated carbocycles. The van der Waals surface area contributed by atoms with Crippen molar-refractivity contribution in [1.29, 1.82) is 0 Å². The van der Waals surface area contributed by atoms with E-state index in [4.69, 9.17) is 21.3 Å². The van der Waals surface area contributed by atoms with Crippen LogP contribution in [0.1, 0.15) is 25.2 Å². The highest BCUT2D eigenvalue weighted by Crippen LogP contribution is 2.57. The van der Waals surface area contributed by atoms with E-state index in [9.17, 15) is 14.4 Å². The Balaban J connectivity index is 1.53. The summed E-state index contributed by atoms with van der Waals surface area (Å²) in [5.41, 5.74) is 0.859. The molecular weight excluding hydrogens is 516 g/mol. The maximum Gasteiger partial charge on any atom is 0.266 e. The number of halogens is 1. The van der Waals surface area contributed by atoms with Gasteiger partial charge in [0.1, 0.15) is 17.1 Å². The number of hydrogen-bond donors (Lipinski definition) is 1. The molecule has 39 heavy (non-hydrogen) atoms. The number of fused-ring (bicyclic) bond motifs is 8. The first-order chi connectivity index (χ1) is 18.8. The number of amides is 2. The third kappa shape index (κ3) is 2.98. The van der Waals surface area contributed by atoms with Gasteiger partial charge < -0.3 is 4.74 Å².